The van der Waals surface area contributed by atoms with E-state index in [1.165, 1.54) is 0 Å². The summed E-state index contributed by atoms with van der Waals surface area (Å²) in [4.78, 5) is 11.0. The van der Waals surface area contributed by atoms with E-state index in [-0.39, 0.29) is 5.02 Å². The largest absolute Gasteiger partial charge is 0.505 e. The zero-order valence-corrected chi connectivity index (χ0v) is 8.45. The minimum Gasteiger partial charge on any atom is -0.505 e. The zero-order chi connectivity index (χ0) is 11.6. The van der Waals surface area contributed by atoms with E-state index >= 15 is 0 Å². The molecule has 6 heteroatoms. The van der Waals surface area contributed by atoms with Gasteiger partial charge in [0.15, 0.2) is 17.7 Å². The Kier molecular flexibility index (Phi) is 3.49. The number of phenolic OH excluding ortho intramolecular Hbond substituents is 1. The lowest BCUT2D eigenvalue weighted by molar-refractivity contribution is -0.150. The van der Waals surface area contributed by atoms with Crippen molar-refractivity contribution in [3.63, 3.8) is 0 Å². The molecular weight excluding hydrogens is 227 g/mol. The Morgan fingerprint density at radius 1 is 1.60 bits per heavy atom. The maximum absolute atomic E-state index is 12.9. The Balaban J connectivity index is 3.24. The second kappa shape index (κ2) is 4.46. The summed E-state index contributed by atoms with van der Waals surface area (Å²) in [6, 6.07) is 2.04. The van der Waals surface area contributed by atoms with E-state index in [4.69, 9.17) is 11.6 Å². The number of hydrogen-bond acceptors (Lipinski definition) is 4. The van der Waals surface area contributed by atoms with Crippen molar-refractivity contribution in [2.75, 3.05) is 7.11 Å². The van der Waals surface area contributed by atoms with Gasteiger partial charge in [0.05, 0.1) is 17.7 Å². The first kappa shape index (κ1) is 11.7. The summed E-state index contributed by atoms with van der Waals surface area (Å²) in [6.45, 7) is 0. The fraction of sp³-hybridized carbons (Fsp3) is 0.222. The summed E-state index contributed by atoms with van der Waals surface area (Å²) in [6.07, 6.45) is -1.81. The molecule has 1 rings (SSSR count). The molecule has 0 amide bonds. The number of halogens is 2. The predicted octanol–water partition coefficient (Wildman–Crippen LogP) is 1.39. The van der Waals surface area contributed by atoms with Gasteiger partial charge in [-0.15, -0.1) is 0 Å². The molecule has 1 aromatic rings. The van der Waals surface area contributed by atoms with Gasteiger partial charge in [-0.3, -0.25) is 0 Å². The molecule has 0 aliphatic heterocycles. The molecule has 0 heterocycles. The molecule has 0 aromatic heterocycles. The Morgan fingerprint density at radius 3 is 2.73 bits per heavy atom. The van der Waals surface area contributed by atoms with Crippen molar-refractivity contribution in [2.45, 2.75) is 6.10 Å². The summed E-state index contributed by atoms with van der Waals surface area (Å²) in [5.41, 5.74) is -0.400. The molecule has 0 aliphatic rings. The van der Waals surface area contributed by atoms with Crippen molar-refractivity contribution in [1.82, 2.24) is 0 Å². The van der Waals surface area contributed by atoms with Crippen LogP contribution < -0.4 is 0 Å². The van der Waals surface area contributed by atoms with Crippen LogP contribution in [0, 0.1) is 5.82 Å². The second-order valence-corrected chi connectivity index (χ2v) is 3.12. The van der Waals surface area contributed by atoms with E-state index in [9.17, 15) is 19.4 Å². The van der Waals surface area contributed by atoms with Crippen LogP contribution in [0.3, 0.4) is 0 Å². The van der Waals surface area contributed by atoms with Crippen molar-refractivity contribution in [1.29, 1.82) is 0 Å². The van der Waals surface area contributed by atoms with Gasteiger partial charge in [-0.05, 0) is 12.1 Å². The fourth-order valence-electron chi connectivity index (χ4n) is 1.05. The molecule has 2 N–H and O–H groups in total. The molecule has 0 aliphatic carbocycles. The number of esters is 1. The standard InChI is InChI=1S/C9H8ClFO4/c1-15-9(14)8(13)6-4(10)2-3-5(11)7(6)12/h2-3,8,12-13H,1H3. The Hall–Kier alpha value is -1.33. The normalized spacial score (nSPS) is 12.3. The van der Waals surface area contributed by atoms with Crippen molar-refractivity contribution in [2.24, 2.45) is 0 Å². The molecule has 1 atom stereocenters. The molecule has 1 aromatic carbocycles. The van der Waals surface area contributed by atoms with Gasteiger partial charge in [0.1, 0.15) is 0 Å². The van der Waals surface area contributed by atoms with Gasteiger partial charge in [-0.25, -0.2) is 9.18 Å². The SMILES string of the molecule is COC(=O)C(O)c1c(Cl)ccc(F)c1O. The van der Waals surface area contributed by atoms with E-state index < -0.39 is 29.2 Å². The first-order valence-corrected chi connectivity index (χ1v) is 4.29. The van der Waals surface area contributed by atoms with Crippen LogP contribution in [0.4, 0.5) is 4.39 Å². The summed E-state index contributed by atoms with van der Waals surface area (Å²) < 4.78 is 17.2. The molecule has 15 heavy (non-hydrogen) atoms. The zero-order valence-electron chi connectivity index (χ0n) is 7.70. The molecular formula is C9H8ClFO4. The summed E-state index contributed by atoms with van der Waals surface area (Å²) in [5.74, 6) is -2.87. The molecule has 4 nitrogen and oxygen atoms in total. The highest BCUT2D eigenvalue weighted by Gasteiger charge is 2.25. The van der Waals surface area contributed by atoms with Crippen LogP contribution in [0.5, 0.6) is 5.75 Å². The second-order valence-electron chi connectivity index (χ2n) is 2.72. The van der Waals surface area contributed by atoms with Crippen molar-refractivity contribution < 1.29 is 24.1 Å². The topological polar surface area (TPSA) is 66.8 Å². The van der Waals surface area contributed by atoms with Crippen LogP contribution in [0.25, 0.3) is 0 Å². The molecule has 0 saturated carbocycles. The Bertz CT molecular complexity index is 394. The van der Waals surface area contributed by atoms with Crippen LogP contribution in [0.2, 0.25) is 5.02 Å². The fourth-order valence-corrected chi connectivity index (χ4v) is 1.30. The number of rotatable bonds is 2. The van der Waals surface area contributed by atoms with Crippen LogP contribution >= 0.6 is 11.6 Å². The Labute approximate surface area is 89.9 Å². The third-order valence-corrected chi connectivity index (χ3v) is 2.14. The quantitative estimate of drug-likeness (QED) is 0.759. The van der Waals surface area contributed by atoms with Crippen molar-refractivity contribution in [3.05, 3.63) is 28.5 Å². The van der Waals surface area contributed by atoms with Crippen molar-refractivity contribution >= 4 is 17.6 Å². The lowest BCUT2D eigenvalue weighted by atomic mass is 10.1. The first-order chi connectivity index (χ1) is 6.99. The van der Waals surface area contributed by atoms with Gasteiger partial charge in [-0.1, -0.05) is 11.6 Å². The number of aliphatic hydroxyl groups is 1. The Morgan fingerprint density at radius 2 is 2.20 bits per heavy atom. The smallest absolute Gasteiger partial charge is 0.339 e. The van der Waals surface area contributed by atoms with Gasteiger partial charge in [0.25, 0.3) is 0 Å². The van der Waals surface area contributed by atoms with E-state index in [1.807, 2.05) is 0 Å². The van der Waals surface area contributed by atoms with E-state index in [0.717, 1.165) is 19.2 Å². The highest BCUT2D eigenvalue weighted by atomic mass is 35.5. The van der Waals surface area contributed by atoms with Crippen LogP contribution in [-0.4, -0.2) is 23.3 Å². The molecule has 1 unspecified atom stereocenters. The average molecular weight is 235 g/mol. The monoisotopic (exact) mass is 234 g/mol. The summed E-state index contributed by atoms with van der Waals surface area (Å²) in [5, 5.41) is 18.5. The number of carbonyl (C=O) groups is 1. The van der Waals surface area contributed by atoms with Crippen LogP contribution in [-0.2, 0) is 9.53 Å². The maximum Gasteiger partial charge on any atom is 0.339 e. The summed E-state index contributed by atoms with van der Waals surface area (Å²) in [7, 11) is 1.05. The minimum atomic E-state index is -1.81. The van der Waals surface area contributed by atoms with Gasteiger partial charge >= 0.3 is 5.97 Å². The number of benzene rings is 1. The number of aliphatic hydroxyl groups excluding tert-OH is 1. The number of aromatic hydroxyl groups is 1. The van der Waals surface area contributed by atoms with E-state index in [2.05, 4.69) is 4.74 Å². The van der Waals surface area contributed by atoms with Crippen LogP contribution in [0.15, 0.2) is 12.1 Å². The number of methoxy groups -OCH3 is 1. The first-order valence-electron chi connectivity index (χ1n) is 3.91. The minimum absolute atomic E-state index is 0.119. The predicted molar refractivity (Wildman–Crippen MR) is 50.1 cm³/mol. The third-order valence-electron chi connectivity index (χ3n) is 1.81. The third kappa shape index (κ3) is 2.19. The van der Waals surface area contributed by atoms with Gasteiger partial charge in [0, 0.05) is 0 Å². The van der Waals surface area contributed by atoms with Gasteiger partial charge in [-0.2, -0.15) is 0 Å². The summed E-state index contributed by atoms with van der Waals surface area (Å²) >= 11 is 5.60. The molecule has 82 valence electrons. The molecule has 0 saturated heterocycles. The van der Waals surface area contributed by atoms with E-state index in [1.54, 1.807) is 0 Å². The van der Waals surface area contributed by atoms with Gasteiger partial charge in [0.2, 0.25) is 0 Å². The number of carbonyl (C=O) groups excluding carboxylic acids is 1. The maximum atomic E-state index is 12.9. The number of ether oxygens (including phenoxy) is 1. The van der Waals surface area contributed by atoms with Gasteiger partial charge < -0.3 is 14.9 Å². The van der Waals surface area contributed by atoms with E-state index in [0.29, 0.717) is 0 Å². The molecule has 0 fully saturated rings. The van der Waals surface area contributed by atoms with Crippen LogP contribution in [0.1, 0.15) is 11.7 Å². The number of phenols is 1. The molecule has 0 spiro atoms. The highest BCUT2D eigenvalue weighted by molar-refractivity contribution is 6.31. The lowest BCUT2D eigenvalue weighted by Gasteiger charge is -2.12. The highest BCUT2D eigenvalue weighted by Crippen LogP contribution is 2.33. The molecule has 0 bridgehead atoms. The average Bonchev–Trinajstić information content (AvgIpc) is 2.22. The molecule has 0 radical (unpaired) electrons. The number of hydrogen-bond donors (Lipinski definition) is 2. The van der Waals surface area contributed by atoms with Crippen molar-refractivity contribution in [3.8, 4) is 5.75 Å². The lowest BCUT2D eigenvalue weighted by Crippen LogP contribution is -2.14.